The van der Waals surface area contributed by atoms with Crippen LogP contribution in [0.2, 0.25) is 0 Å². The third-order valence-corrected chi connectivity index (χ3v) is 4.69. The first-order valence-electron chi connectivity index (χ1n) is 7.96. The number of hydrogen-bond acceptors (Lipinski definition) is 3. The maximum absolute atomic E-state index is 12.2. The van der Waals surface area contributed by atoms with Crippen molar-refractivity contribution < 1.29 is 4.79 Å². The largest absolute Gasteiger partial charge is 0.336 e. The molecule has 0 aliphatic heterocycles. The Kier molecular flexibility index (Phi) is 6.19. The first-order valence-corrected chi connectivity index (χ1v) is 8.78. The van der Waals surface area contributed by atoms with Crippen molar-refractivity contribution in [3.63, 3.8) is 0 Å². The van der Waals surface area contributed by atoms with Gasteiger partial charge in [0.2, 0.25) is 0 Å². The number of carbonyl (C=O) groups excluding carboxylic acids is 1. The number of aromatic nitrogens is 1. The van der Waals surface area contributed by atoms with Crippen LogP contribution in [0.15, 0.2) is 24.3 Å². The first kappa shape index (κ1) is 16.7. The Morgan fingerprint density at radius 2 is 2.14 bits per heavy atom. The van der Waals surface area contributed by atoms with Crippen molar-refractivity contribution in [1.82, 2.24) is 15.2 Å². The predicted molar refractivity (Wildman–Crippen MR) is 93.2 cm³/mol. The van der Waals surface area contributed by atoms with Gasteiger partial charge in [-0.15, -0.1) is 11.3 Å². The number of thiazole rings is 1. The number of hydrogen-bond donors (Lipinski definition) is 1. The van der Waals surface area contributed by atoms with Crippen LogP contribution < -0.4 is 5.32 Å². The van der Waals surface area contributed by atoms with E-state index in [9.17, 15) is 4.79 Å². The van der Waals surface area contributed by atoms with E-state index in [0.717, 1.165) is 16.9 Å². The van der Waals surface area contributed by atoms with E-state index in [1.165, 1.54) is 24.0 Å². The molecule has 1 heterocycles. The SMILES string of the molecule is CCCCCC(C)NC(=O)N(C)Cc1nc2ccccc2s1. The molecule has 5 heteroatoms. The molecule has 22 heavy (non-hydrogen) atoms. The lowest BCUT2D eigenvalue weighted by Crippen LogP contribution is -2.41. The molecule has 2 amide bonds. The molecule has 2 rings (SSSR count). The zero-order chi connectivity index (χ0) is 15.9. The molecular formula is C17H25N3OS. The smallest absolute Gasteiger partial charge is 0.317 e. The van der Waals surface area contributed by atoms with Crippen LogP contribution >= 0.6 is 11.3 Å². The molecule has 120 valence electrons. The van der Waals surface area contributed by atoms with E-state index in [0.29, 0.717) is 6.54 Å². The highest BCUT2D eigenvalue weighted by Gasteiger charge is 2.14. The molecule has 0 spiro atoms. The van der Waals surface area contributed by atoms with Gasteiger partial charge in [0.25, 0.3) is 0 Å². The Hall–Kier alpha value is -1.62. The van der Waals surface area contributed by atoms with Crippen LogP contribution in [0.1, 0.15) is 44.5 Å². The highest BCUT2D eigenvalue weighted by molar-refractivity contribution is 7.18. The summed E-state index contributed by atoms with van der Waals surface area (Å²) >= 11 is 1.65. The molecule has 0 aliphatic rings. The lowest BCUT2D eigenvalue weighted by atomic mass is 10.1. The van der Waals surface area contributed by atoms with Gasteiger partial charge >= 0.3 is 6.03 Å². The van der Waals surface area contributed by atoms with Gasteiger partial charge in [-0.2, -0.15) is 0 Å². The number of rotatable bonds is 7. The van der Waals surface area contributed by atoms with E-state index in [1.807, 2.05) is 25.2 Å². The summed E-state index contributed by atoms with van der Waals surface area (Å²) in [7, 11) is 1.82. The quantitative estimate of drug-likeness (QED) is 0.768. The number of amides is 2. The van der Waals surface area contributed by atoms with Gasteiger partial charge < -0.3 is 10.2 Å². The highest BCUT2D eigenvalue weighted by Crippen LogP contribution is 2.22. The fourth-order valence-corrected chi connectivity index (χ4v) is 3.38. The second kappa shape index (κ2) is 8.13. The number of benzene rings is 1. The Balaban J connectivity index is 1.85. The van der Waals surface area contributed by atoms with E-state index in [1.54, 1.807) is 16.2 Å². The van der Waals surface area contributed by atoms with E-state index in [2.05, 4.69) is 30.2 Å². The predicted octanol–water partition coefficient (Wildman–Crippen LogP) is 4.41. The average molecular weight is 319 g/mol. The Morgan fingerprint density at radius 3 is 2.86 bits per heavy atom. The number of para-hydroxylation sites is 1. The van der Waals surface area contributed by atoms with Gasteiger partial charge in [0, 0.05) is 13.1 Å². The van der Waals surface area contributed by atoms with Gasteiger partial charge in [0.1, 0.15) is 5.01 Å². The molecule has 1 aromatic heterocycles. The lowest BCUT2D eigenvalue weighted by Gasteiger charge is -2.20. The Morgan fingerprint density at radius 1 is 1.36 bits per heavy atom. The summed E-state index contributed by atoms with van der Waals surface area (Å²) in [6, 6.07) is 8.26. The number of carbonyl (C=O) groups is 1. The lowest BCUT2D eigenvalue weighted by molar-refractivity contribution is 0.202. The molecule has 4 nitrogen and oxygen atoms in total. The van der Waals surface area contributed by atoms with Gasteiger partial charge in [0.15, 0.2) is 0 Å². The molecule has 0 bridgehead atoms. The second-order valence-electron chi connectivity index (χ2n) is 5.78. The summed E-state index contributed by atoms with van der Waals surface area (Å²) in [6.45, 7) is 4.81. The maximum Gasteiger partial charge on any atom is 0.317 e. The van der Waals surface area contributed by atoms with E-state index < -0.39 is 0 Å². The minimum atomic E-state index is -0.0248. The summed E-state index contributed by atoms with van der Waals surface area (Å²) in [6.07, 6.45) is 4.63. The fraction of sp³-hybridized carbons (Fsp3) is 0.529. The zero-order valence-corrected chi connectivity index (χ0v) is 14.4. The maximum atomic E-state index is 12.2. The van der Waals surface area contributed by atoms with Crippen LogP contribution in [0.5, 0.6) is 0 Å². The number of nitrogens with one attached hydrogen (secondary N) is 1. The highest BCUT2D eigenvalue weighted by atomic mass is 32.1. The molecule has 0 aliphatic carbocycles. The number of urea groups is 1. The van der Waals surface area contributed by atoms with Crippen LogP contribution in [0, 0.1) is 0 Å². The normalized spacial score (nSPS) is 12.3. The fourth-order valence-electron chi connectivity index (χ4n) is 2.36. The standard InChI is InChI=1S/C17H25N3OS/c1-4-5-6-9-13(2)18-17(21)20(3)12-16-19-14-10-7-8-11-15(14)22-16/h7-8,10-11,13H,4-6,9,12H2,1-3H3,(H,18,21). The van der Waals surface area contributed by atoms with Gasteiger partial charge in [-0.25, -0.2) is 9.78 Å². The van der Waals surface area contributed by atoms with Crippen LogP contribution in [0.3, 0.4) is 0 Å². The molecule has 1 aromatic carbocycles. The van der Waals surface area contributed by atoms with Crippen LogP contribution in [-0.4, -0.2) is 29.0 Å². The van der Waals surface area contributed by atoms with Crippen molar-refractivity contribution >= 4 is 27.6 Å². The molecule has 0 saturated carbocycles. The van der Waals surface area contributed by atoms with Gasteiger partial charge in [-0.05, 0) is 25.5 Å². The molecule has 2 aromatic rings. The molecule has 1 N–H and O–H groups in total. The monoisotopic (exact) mass is 319 g/mol. The topological polar surface area (TPSA) is 45.2 Å². The molecule has 0 fully saturated rings. The molecular weight excluding hydrogens is 294 g/mol. The van der Waals surface area contributed by atoms with E-state index >= 15 is 0 Å². The Labute approximate surface area is 136 Å². The van der Waals surface area contributed by atoms with Gasteiger partial charge in [0.05, 0.1) is 16.8 Å². The van der Waals surface area contributed by atoms with Crippen molar-refractivity contribution in [2.24, 2.45) is 0 Å². The van der Waals surface area contributed by atoms with Crippen molar-refractivity contribution in [3.8, 4) is 0 Å². The minimum Gasteiger partial charge on any atom is -0.336 e. The third kappa shape index (κ3) is 4.70. The molecule has 0 radical (unpaired) electrons. The van der Waals surface area contributed by atoms with Crippen molar-refractivity contribution in [3.05, 3.63) is 29.3 Å². The summed E-state index contributed by atoms with van der Waals surface area (Å²) in [4.78, 5) is 18.5. The third-order valence-electron chi connectivity index (χ3n) is 3.67. The molecule has 1 atom stereocenters. The average Bonchev–Trinajstić information content (AvgIpc) is 2.89. The van der Waals surface area contributed by atoms with Crippen molar-refractivity contribution in [2.75, 3.05) is 7.05 Å². The first-order chi connectivity index (χ1) is 10.6. The molecule has 1 unspecified atom stereocenters. The molecule has 0 saturated heterocycles. The van der Waals surface area contributed by atoms with Crippen LogP contribution in [0.25, 0.3) is 10.2 Å². The summed E-state index contributed by atoms with van der Waals surface area (Å²) < 4.78 is 1.17. The van der Waals surface area contributed by atoms with Gasteiger partial charge in [-0.1, -0.05) is 38.3 Å². The van der Waals surface area contributed by atoms with Crippen molar-refractivity contribution in [1.29, 1.82) is 0 Å². The van der Waals surface area contributed by atoms with Crippen molar-refractivity contribution in [2.45, 2.75) is 52.1 Å². The Bertz CT molecular complexity index is 578. The summed E-state index contributed by atoms with van der Waals surface area (Å²) in [5.41, 5.74) is 1.00. The summed E-state index contributed by atoms with van der Waals surface area (Å²) in [5.74, 6) is 0. The zero-order valence-electron chi connectivity index (χ0n) is 13.6. The van der Waals surface area contributed by atoms with Crippen LogP contribution in [0.4, 0.5) is 4.79 Å². The van der Waals surface area contributed by atoms with Crippen LogP contribution in [-0.2, 0) is 6.54 Å². The van der Waals surface area contributed by atoms with E-state index in [-0.39, 0.29) is 12.1 Å². The van der Waals surface area contributed by atoms with E-state index in [4.69, 9.17) is 0 Å². The minimum absolute atomic E-state index is 0.0248. The number of unbranched alkanes of at least 4 members (excludes halogenated alkanes) is 2. The summed E-state index contributed by atoms with van der Waals surface area (Å²) in [5, 5.41) is 4.03. The number of fused-ring (bicyclic) bond motifs is 1. The van der Waals surface area contributed by atoms with Gasteiger partial charge in [-0.3, -0.25) is 0 Å². The second-order valence-corrected chi connectivity index (χ2v) is 6.89. The number of nitrogens with zero attached hydrogens (tertiary/aromatic N) is 2.